The molecule has 0 spiro atoms. The molecule has 0 aromatic carbocycles. The summed E-state index contributed by atoms with van der Waals surface area (Å²) in [4.78, 5) is 38.4. The van der Waals surface area contributed by atoms with Gasteiger partial charge < -0.3 is 14.2 Å². The maximum atomic E-state index is 12.9. The van der Waals surface area contributed by atoms with Gasteiger partial charge in [0, 0.05) is 19.3 Å². The normalized spacial score (nSPS) is 12.3. The number of carbonyl (C=O) groups is 3. The molecule has 6 nitrogen and oxygen atoms in total. The summed E-state index contributed by atoms with van der Waals surface area (Å²) in [7, 11) is 0. The van der Waals surface area contributed by atoms with Crippen LogP contribution in [0.3, 0.4) is 0 Å². The number of ether oxygens (including phenoxy) is 3. The van der Waals surface area contributed by atoms with Crippen molar-refractivity contribution in [3.05, 3.63) is 48.6 Å². The minimum Gasteiger partial charge on any atom is -0.462 e. The van der Waals surface area contributed by atoms with Crippen LogP contribution in [0.25, 0.3) is 0 Å². The highest BCUT2D eigenvalue weighted by atomic mass is 16.6. The minimum absolute atomic E-state index is 0.0758. The molecule has 0 N–H and O–H groups in total. The Hall–Kier alpha value is -2.63. The third kappa shape index (κ3) is 62.1. The lowest BCUT2D eigenvalue weighted by Gasteiger charge is -2.18. The molecule has 0 aliphatic rings. The van der Waals surface area contributed by atoms with Crippen LogP contribution in [0.1, 0.15) is 355 Å². The molecule has 0 aliphatic heterocycles. The van der Waals surface area contributed by atoms with Crippen molar-refractivity contribution in [3.63, 3.8) is 0 Å². The Morgan fingerprint density at radius 3 is 0.813 bits per heavy atom. The summed E-state index contributed by atoms with van der Waals surface area (Å²) in [6.45, 7) is 6.58. The van der Waals surface area contributed by atoms with Crippen LogP contribution in [0.5, 0.6) is 0 Å². The van der Waals surface area contributed by atoms with Gasteiger partial charge in [-0.3, -0.25) is 14.4 Å². The first-order valence-electron chi connectivity index (χ1n) is 33.1. The third-order valence-electron chi connectivity index (χ3n) is 14.8. The lowest BCUT2D eigenvalue weighted by Crippen LogP contribution is -2.30. The van der Waals surface area contributed by atoms with Gasteiger partial charge >= 0.3 is 17.9 Å². The number of allylic oxidation sites excluding steroid dienone is 8. The lowest BCUT2D eigenvalue weighted by molar-refractivity contribution is -0.167. The molecule has 0 fully saturated rings. The zero-order valence-corrected chi connectivity index (χ0v) is 50.3. The fourth-order valence-electron chi connectivity index (χ4n) is 9.91. The van der Waals surface area contributed by atoms with Crippen molar-refractivity contribution in [2.24, 2.45) is 0 Å². The Bertz CT molecular complexity index is 1300. The van der Waals surface area contributed by atoms with E-state index in [4.69, 9.17) is 14.2 Å². The second kappa shape index (κ2) is 63.9. The summed E-state index contributed by atoms with van der Waals surface area (Å²) in [5.74, 6) is -0.874. The monoisotopic (exact) mass is 1050 g/mol. The summed E-state index contributed by atoms with van der Waals surface area (Å²) in [5.41, 5.74) is 0. The van der Waals surface area contributed by atoms with Crippen molar-refractivity contribution in [2.75, 3.05) is 13.2 Å². The fourth-order valence-corrected chi connectivity index (χ4v) is 9.91. The van der Waals surface area contributed by atoms with Crippen LogP contribution >= 0.6 is 0 Å². The molecule has 0 aliphatic carbocycles. The molecule has 0 saturated carbocycles. The van der Waals surface area contributed by atoms with Crippen molar-refractivity contribution in [1.82, 2.24) is 0 Å². The Labute approximate surface area is 467 Å². The summed E-state index contributed by atoms with van der Waals surface area (Å²) in [5, 5.41) is 0. The SMILES string of the molecule is CC/C=C\C/C=C\C/C=C\C/C=C\CCCCCCC(=O)OCC(COC(=O)CCCCCCCCCCCCCCCCCCCCCCC)OC(=O)CCCCCCCCCCCCCCCCCCCCC. The lowest BCUT2D eigenvalue weighted by atomic mass is 10.0. The van der Waals surface area contributed by atoms with E-state index in [9.17, 15) is 14.4 Å². The molecule has 0 aromatic heterocycles. The van der Waals surface area contributed by atoms with E-state index in [-0.39, 0.29) is 31.1 Å². The standard InChI is InChI=1S/C69H126O6/c1-4-7-10-13-16-19-22-25-28-31-33-34-36-38-41-44-47-50-53-56-59-62-68(71)74-65-66(64-73-67(70)61-58-55-52-49-46-43-40-37-30-27-24-21-18-15-12-9-6-3)75-69(72)63-60-57-54-51-48-45-42-39-35-32-29-26-23-20-17-14-11-8-5-2/h9,12,18,21,27,30,40,43,66H,4-8,10-11,13-17,19-20,22-26,28-29,31-39,41-42,44-65H2,1-3H3/b12-9-,21-18-,30-27-,43-40-. The molecular formula is C69H126O6. The molecule has 1 unspecified atom stereocenters. The first-order valence-corrected chi connectivity index (χ1v) is 33.1. The van der Waals surface area contributed by atoms with E-state index in [1.807, 2.05) is 0 Å². The zero-order chi connectivity index (χ0) is 54.3. The number of hydrogen-bond donors (Lipinski definition) is 0. The molecule has 0 rings (SSSR count). The molecule has 6 heteroatoms. The highest BCUT2D eigenvalue weighted by Crippen LogP contribution is 2.18. The van der Waals surface area contributed by atoms with Gasteiger partial charge in [-0.2, -0.15) is 0 Å². The number of hydrogen-bond acceptors (Lipinski definition) is 6. The van der Waals surface area contributed by atoms with E-state index in [0.29, 0.717) is 19.3 Å². The second-order valence-corrected chi connectivity index (χ2v) is 22.4. The van der Waals surface area contributed by atoms with Crippen LogP contribution in [-0.2, 0) is 28.6 Å². The quantitative estimate of drug-likeness (QED) is 0.0261. The van der Waals surface area contributed by atoms with Gasteiger partial charge in [-0.25, -0.2) is 0 Å². The van der Waals surface area contributed by atoms with Gasteiger partial charge in [0.15, 0.2) is 6.10 Å². The Morgan fingerprint density at radius 2 is 0.520 bits per heavy atom. The van der Waals surface area contributed by atoms with Gasteiger partial charge in [-0.05, 0) is 57.8 Å². The smallest absolute Gasteiger partial charge is 0.306 e. The average molecular weight is 1050 g/mol. The van der Waals surface area contributed by atoms with Crippen LogP contribution in [0, 0.1) is 0 Å². The van der Waals surface area contributed by atoms with Crippen LogP contribution < -0.4 is 0 Å². The van der Waals surface area contributed by atoms with E-state index in [2.05, 4.69) is 69.4 Å². The molecule has 0 aromatic rings. The summed E-state index contributed by atoms with van der Waals surface area (Å²) in [6, 6.07) is 0. The second-order valence-electron chi connectivity index (χ2n) is 22.4. The van der Waals surface area contributed by atoms with Gasteiger partial charge in [0.25, 0.3) is 0 Å². The Balaban J connectivity index is 4.34. The van der Waals surface area contributed by atoms with Gasteiger partial charge in [0.05, 0.1) is 0 Å². The molecule has 0 heterocycles. The van der Waals surface area contributed by atoms with Crippen molar-refractivity contribution in [2.45, 2.75) is 361 Å². The minimum atomic E-state index is -0.781. The van der Waals surface area contributed by atoms with E-state index >= 15 is 0 Å². The summed E-state index contributed by atoms with van der Waals surface area (Å²) < 4.78 is 17.0. The first kappa shape index (κ1) is 72.4. The molecule has 1 atom stereocenters. The highest BCUT2D eigenvalue weighted by molar-refractivity contribution is 5.71. The molecule has 0 bridgehead atoms. The zero-order valence-electron chi connectivity index (χ0n) is 50.3. The highest BCUT2D eigenvalue weighted by Gasteiger charge is 2.19. The van der Waals surface area contributed by atoms with Crippen LogP contribution in [-0.4, -0.2) is 37.2 Å². The molecule has 0 saturated heterocycles. The number of unbranched alkanes of at least 4 members (excludes halogenated alkanes) is 42. The van der Waals surface area contributed by atoms with Gasteiger partial charge in [0.1, 0.15) is 13.2 Å². The first-order chi connectivity index (χ1) is 37.0. The third-order valence-corrected chi connectivity index (χ3v) is 14.8. The van der Waals surface area contributed by atoms with Gasteiger partial charge in [0.2, 0.25) is 0 Å². The van der Waals surface area contributed by atoms with Gasteiger partial charge in [-0.15, -0.1) is 0 Å². The number of carbonyl (C=O) groups excluding carboxylic acids is 3. The van der Waals surface area contributed by atoms with Crippen molar-refractivity contribution in [1.29, 1.82) is 0 Å². The number of esters is 3. The molecular weight excluding hydrogens is 925 g/mol. The van der Waals surface area contributed by atoms with E-state index in [0.717, 1.165) is 96.3 Å². The van der Waals surface area contributed by atoms with Crippen LogP contribution in [0.2, 0.25) is 0 Å². The summed E-state index contributed by atoms with van der Waals surface area (Å²) in [6.07, 6.45) is 79.8. The van der Waals surface area contributed by atoms with Crippen molar-refractivity contribution < 1.29 is 28.6 Å². The number of rotatable bonds is 61. The predicted molar refractivity (Wildman–Crippen MR) is 325 cm³/mol. The molecule has 0 radical (unpaired) electrons. The maximum absolute atomic E-state index is 12.9. The van der Waals surface area contributed by atoms with Crippen molar-refractivity contribution in [3.8, 4) is 0 Å². The van der Waals surface area contributed by atoms with E-state index < -0.39 is 6.10 Å². The maximum Gasteiger partial charge on any atom is 0.306 e. The topological polar surface area (TPSA) is 78.9 Å². The van der Waals surface area contributed by atoms with E-state index in [1.165, 1.54) is 218 Å². The molecule has 75 heavy (non-hydrogen) atoms. The summed E-state index contributed by atoms with van der Waals surface area (Å²) >= 11 is 0. The Morgan fingerprint density at radius 1 is 0.280 bits per heavy atom. The van der Waals surface area contributed by atoms with Gasteiger partial charge in [-0.1, -0.05) is 326 Å². The molecule has 0 amide bonds. The van der Waals surface area contributed by atoms with E-state index in [1.54, 1.807) is 0 Å². The van der Waals surface area contributed by atoms with Crippen molar-refractivity contribution >= 4 is 17.9 Å². The fraction of sp³-hybridized carbons (Fsp3) is 0.841. The van der Waals surface area contributed by atoms with Crippen LogP contribution in [0.15, 0.2) is 48.6 Å². The predicted octanol–water partition coefficient (Wildman–Crippen LogP) is 22.6. The molecule has 438 valence electrons. The largest absolute Gasteiger partial charge is 0.462 e. The van der Waals surface area contributed by atoms with Crippen LogP contribution in [0.4, 0.5) is 0 Å². The Kier molecular flexibility index (Phi) is 61.7. The average Bonchev–Trinajstić information content (AvgIpc) is 3.41.